The number of pyridine rings is 1. The summed E-state index contributed by atoms with van der Waals surface area (Å²) in [7, 11) is 0. The fourth-order valence-corrected chi connectivity index (χ4v) is 6.12. The van der Waals surface area contributed by atoms with Crippen molar-refractivity contribution in [3.05, 3.63) is 47.3 Å². The van der Waals surface area contributed by atoms with Crippen LogP contribution in [0.4, 0.5) is 0 Å². The number of aryl methyl sites for hydroxylation is 1. The van der Waals surface area contributed by atoms with Gasteiger partial charge in [-0.3, -0.25) is 29.2 Å². The third-order valence-electron chi connectivity index (χ3n) is 9.29. The summed E-state index contributed by atoms with van der Waals surface area (Å²) in [6, 6.07) is 2.56. The third kappa shape index (κ3) is 7.45. The van der Waals surface area contributed by atoms with Crippen LogP contribution in [0.15, 0.2) is 30.4 Å². The lowest BCUT2D eigenvalue weighted by atomic mass is 9.77. The zero-order valence-corrected chi connectivity index (χ0v) is 26.4. The van der Waals surface area contributed by atoms with Gasteiger partial charge in [0.2, 0.25) is 5.91 Å². The Morgan fingerprint density at radius 3 is 2.60 bits per heavy atom. The van der Waals surface area contributed by atoms with E-state index in [1.807, 2.05) is 12.1 Å². The Hall–Kier alpha value is -3.61. The standard InChI is InChI=1S/C33H45N5O7/c1-4-24-11-10-22-12-13-32(3,17-26(22)36-24)14-15-33(18-43-20-44-19-33)31(42)45-27(23-7-5-8-23)29(40)35-21(2)30(41)38-16-6-9-25(37-38)28(34)39/h10-15,21,23,25,27,37H,4-9,16-20H2,1-3H3,(H2,34,39)(H,35,40)/b15-14+/t21-,25-,27-,32?/m0/s1. The zero-order chi connectivity index (χ0) is 32.2. The minimum Gasteiger partial charge on any atom is -0.451 e. The summed E-state index contributed by atoms with van der Waals surface area (Å²) in [5.41, 5.74) is 9.72. The summed E-state index contributed by atoms with van der Waals surface area (Å²) >= 11 is 0. The van der Waals surface area contributed by atoms with Gasteiger partial charge in [0.1, 0.15) is 24.3 Å². The summed E-state index contributed by atoms with van der Waals surface area (Å²) in [5, 5.41) is 4.06. The first-order chi connectivity index (χ1) is 21.5. The molecule has 12 heteroatoms. The smallest absolute Gasteiger partial charge is 0.321 e. The van der Waals surface area contributed by atoms with Gasteiger partial charge >= 0.3 is 5.97 Å². The van der Waals surface area contributed by atoms with E-state index in [-0.39, 0.29) is 25.9 Å². The van der Waals surface area contributed by atoms with Crippen LogP contribution in [0.1, 0.15) is 69.8 Å². The first kappa shape index (κ1) is 32.8. The van der Waals surface area contributed by atoms with Gasteiger partial charge in [0, 0.05) is 35.7 Å². The maximum Gasteiger partial charge on any atom is 0.321 e. The Balaban J connectivity index is 1.29. The number of carbonyl (C=O) groups excluding carboxylic acids is 4. The summed E-state index contributed by atoms with van der Waals surface area (Å²) in [6.45, 7) is 6.26. The molecule has 3 fully saturated rings. The summed E-state index contributed by atoms with van der Waals surface area (Å²) in [5.74, 6) is -2.26. The number of rotatable bonds is 10. The molecule has 1 unspecified atom stereocenters. The lowest BCUT2D eigenvalue weighted by Gasteiger charge is -2.38. The van der Waals surface area contributed by atoms with Gasteiger partial charge < -0.3 is 25.3 Å². The topological polar surface area (TPSA) is 162 Å². The van der Waals surface area contributed by atoms with Gasteiger partial charge in [-0.25, -0.2) is 5.43 Å². The van der Waals surface area contributed by atoms with Crippen LogP contribution in [0.25, 0.3) is 6.08 Å². The molecule has 0 radical (unpaired) electrons. The number of hydrogen-bond donors (Lipinski definition) is 3. The number of amides is 3. The van der Waals surface area contributed by atoms with Gasteiger partial charge in [0.15, 0.2) is 6.10 Å². The fourth-order valence-electron chi connectivity index (χ4n) is 6.12. The molecule has 0 aromatic carbocycles. The number of allylic oxidation sites excluding steroid dienone is 2. The Morgan fingerprint density at radius 2 is 1.93 bits per heavy atom. The highest BCUT2D eigenvalue weighted by Gasteiger charge is 2.46. The van der Waals surface area contributed by atoms with E-state index in [0.29, 0.717) is 25.8 Å². The molecule has 2 aliphatic heterocycles. The molecule has 12 nitrogen and oxygen atoms in total. The number of nitrogens with one attached hydrogen (secondary N) is 2. The van der Waals surface area contributed by atoms with E-state index in [1.54, 1.807) is 13.0 Å². The number of aromatic nitrogens is 1. The molecule has 2 saturated heterocycles. The van der Waals surface area contributed by atoms with Gasteiger partial charge in [0.05, 0.1) is 13.2 Å². The Kier molecular flexibility index (Phi) is 10.0. The van der Waals surface area contributed by atoms with Crippen LogP contribution in [0.3, 0.4) is 0 Å². The fraction of sp³-hybridized carbons (Fsp3) is 0.606. The van der Waals surface area contributed by atoms with E-state index in [1.165, 1.54) is 5.01 Å². The number of fused-ring (bicyclic) bond motifs is 1. The van der Waals surface area contributed by atoms with E-state index in [9.17, 15) is 19.2 Å². The van der Waals surface area contributed by atoms with Crippen molar-refractivity contribution in [1.29, 1.82) is 0 Å². The predicted octanol–water partition coefficient (Wildman–Crippen LogP) is 1.96. The van der Waals surface area contributed by atoms with Gasteiger partial charge in [0.25, 0.3) is 11.8 Å². The monoisotopic (exact) mass is 623 g/mol. The highest BCUT2D eigenvalue weighted by Crippen LogP contribution is 2.37. The average molecular weight is 624 g/mol. The van der Waals surface area contributed by atoms with Gasteiger partial charge in [-0.1, -0.05) is 50.6 Å². The molecule has 244 valence electrons. The summed E-state index contributed by atoms with van der Waals surface area (Å²) in [6.07, 6.45) is 11.9. The van der Waals surface area contributed by atoms with Crippen molar-refractivity contribution in [2.45, 2.75) is 83.9 Å². The van der Waals surface area contributed by atoms with E-state index in [2.05, 4.69) is 42.8 Å². The van der Waals surface area contributed by atoms with Crippen molar-refractivity contribution in [3.8, 4) is 0 Å². The molecule has 2 aliphatic carbocycles. The maximum absolute atomic E-state index is 13.9. The molecule has 3 amide bonds. The van der Waals surface area contributed by atoms with Crippen LogP contribution in [-0.2, 0) is 46.2 Å². The predicted molar refractivity (Wildman–Crippen MR) is 165 cm³/mol. The van der Waals surface area contributed by atoms with E-state index >= 15 is 0 Å². The second-order valence-corrected chi connectivity index (χ2v) is 13.0. The molecule has 4 N–H and O–H groups in total. The molecule has 4 atom stereocenters. The van der Waals surface area contributed by atoms with Crippen LogP contribution >= 0.6 is 0 Å². The third-order valence-corrected chi connectivity index (χ3v) is 9.29. The van der Waals surface area contributed by atoms with Crippen LogP contribution in [0.5, 0.6) is 0 Å². The molecule has 45 heavy (non-hydrogen) atoms. The largest absolute Gasteiger partial charge is 0.451 e. The van der Waals surface area contributed by atoms with Crippen LogP contribution in [0, 0.1) is 16.7 Å². The van der Waals surface area contributed by atoms with Crippen molar-refractivity contribution in [1.82, 2.24) is 20.7 Å². The number of hydrazine groups is 1. The van der Waals surface area contributed by atoms with Gasteiger partial charge in [-0.2, -0.15) is 0 Å². The molecule has 1 saturated carbocycles. The quantitative estimate of drug-likeness (QED) is 0.261. The van der Waals surface area contributed by atoms with E-state index in [0.717, 1.165) is 42.6 Å². The molecule has 5 rings (SSSR count). The minimum absolute atomic E-state index is 0.0481. The summed E-state index contributed by atoms with van der Waals surface area (Å²) < 4.78 is 17.2. The maximum atomic E-state index is 13.9. The highest BCUT2D eigenvalue weighted by molar-refractivity contribution is 5.91. The second-order valence-electron chi connectivity index (χ2n) is 13.0. The van der Waals surface area contributed by atoms with Gasteiger partial charge in [-0.05, 0) is 50.7 Å². The number of primary amides is 1. The van der Waals surface area contributed by atoms with Crippen molar-refractivity contribution in [2.24, 2.45) is 22.5 Å². The lowest BCUT2D eigenvalue weighted by molar-refractivity contribution is -0.194. The first-order valence-corrected chi connectivity index (χ1v) is 15.9. The van der Waals surface area contributed by atoms with Crippen LogP contribution < -0.4 is 16.5 Å². The first-order valence-electron chi connectivity index (χ1n) is 15.9. The van der Waals surface area contributed by atoms with Crippen molar-refractivity contribution < 1.29 is 33.4 Å². The normalized spacial score (nSPS) is 25.9. The van der Waals surface area contributed by atoms with Crippen LogP contribution in [-0.4, -0.2) is 78.4 Å². The molecule has 0 spiro atoms. The summed E-state index contributed by atoms with van der Waals surface area (Å²) in [4.78, 5) is 57.0. The lowest BCUT2D eigenvalue weighted by Crippen LogP contribution is -2.61. The molecular formula is C33H45N5O7. The van der Waals surface area contributed by atoms with Crippen LogP contribution in [0.2, 0.25) is 0 Å². The molecular weight excluding hydrogens is 578 g/mol. The zero-order valence-electron chi connectivity index (χ0n) is 26.4. The molecule has 1 aromatic heterocycles. The number of nitrogens with two attached hydrogens (primary N) is 1. The average Bonchev–Trinajstić information content (AvgIpc) is 3.02. The number of hydrogen-bond acceptors (Lipinski definition) is 9. The number of carbonyl (C=O) groups is 4. The van der Waals surface area contributed by atoms with Gasteiger partial charge in [-0.15, -0.1) is 0 Å². The minimum atomic E-state index is -1.25. The van der Waals surface area contributed by atoms with Crippen molar-refractivity contribution in [3.63, 3.8) is 0 Å². The molecule has 4 aliphatic rings. The second kappa shape index (κ2) is 13.8. The number of esters is 1. The molecule has 1 aromatic rings. The Labute approximate surface area is 264 Å². The van der Waals surface area contributed by atoms with E-state index < -0.39 is 52.7 Å². The SMILES string of the molecule is CCc1ccc2c(n1)CC(C)(/C=C/C1(C(=O)O[C@H](C(=O)N[C@@H](C)C(=O)N3CCC[C@@H](C(N)=O)N3)C3CCC3)COCOC1)C=C2. The number of nitrogens with zero attached hydrogens (tertiary/aromatic N) is 2. The molecule has 3 heterocycles. The Morgan fingerprint density at radius 1 is 1.18 bits per heavy atom. The van der Waals surface area contributed by atoms with Crippen molar-refractivity contribution >= 4 is 29.8 Å². The molecule has 0 bridgehead atoms. The van der Waals surface area contributed by atoms with Crippen molar-refractivity contribution in [2.75, 3.05) is 26.6 Å². The Bertz CT molecular complexity index is 1350. The number of ether oxygens (including phenoxy) is 3. The highest BCUT2D eigenvalue weighted by atomic mass is 16.7. The van der Waals surface area contributed by atoms with E-state index in [4.69, 9.17) is 24.9 Å².